The number of piperazine rings is 1. The van der Waals surface area contributed by atoms with Gasteiger partial charge < -0.3 is 9.80 Å². The minimum absolute atomic E-state index is 0.0415. The summed E-state index contributed by atoms with van der Waals surface area (Å²) in [5, 5.41) is 0. The molecule has 2 aliphatic rings. The van der Waals surface area contributed by atoms with Crippen molar-refractivity contribution in [2.24, 2.45) is 5.92 Å². The predicted octanol–water partition coefficient (Wildman–Crippen LogP) is 2.61. The Morgan fingerprint density at radius 2 is 1.95 bits per heavy atom. The van der Waals surface area contributed by atoms with E-state index in [2.05, 4.69) is 13.0 Å². The van der Waals surface area contributed by atoms with E-state index in [9.17, 15) is 9.59 Å². The first-order chi connectivity index (χ1) is 10.6. The molecule has 2 fully saturated rings. The number of carbonyl (C=O) groups excluding carboxylic acids is 2. The van der Waals surface area contributed by atoms with Crippen molar-refractivity contribution >= 4 is 17.5 Å². The van der Waals surface area contributed by atoms with Crippen LogP contribution in [0.1, 0.15) is 38.7 Å². The molecule has 1 aromatic carbocycles. The van der Waals surface area contributed by atoms with Crippen molar-refractivity contribution in [2.45, 2.75) is 45.6 Å². The van der Waals surface area contributed by atoms with E-state index in [0.29, 0.717) is 13.1 Å². The molecule has 4 heteroatoms. The molecule has 0 aromatic heterocycles. The highest BCUT2D eigenvalue weighted by Crippen LogP contribution is 2.31. The standard InChI is InChI=1S/C18H24N2O2/c1-3-14-7-4-5-10-16(14)20-12-11-19(13(2)17(20)21)18(22)15-8-6-9-15/h4-5,7,10,13,15H,3,6,8-9,11-12H2,1-2H3/t13-/m0/s1. The van der Waals surface area contributed by atoms with Crippen LogP contribution < -0.4 is 4.90 Å². The van der Waals surface area contributed by atoms with Crippen molar-refractivity contribution in [3.05, 3.63) is 29.8 Å². The van der Waals surface area contributed by atoms with E-state index in [1.54, 1.807) is 4.90 Å². The fourth-order valence-electron chi connectivity index (χ4n) is 3.37. The van der Waals surface area contributed by atoms with Crippen LogP contribution in [0.2, 0.25) is 0 Å². The fraction of sp³-hybridized carbons (Fsp3) is 0.556. The minimum atomic E-state index is -0.355. The zero-order chi connectivity index (χ0) is 15.7. The van der Waals surface area contributed by atoms with Gasteiger partial charge in [-0.05, 0) is 37.8 Å². The zero-order valence-corrected chi connectivity index (χ0v) is 13.4. The van der Waals surface area contributed by atoms with Gasteiger partial charge in [-0.1, -0.05) is 31.5 Å². The molecule has 1 heterocycles. The normalized spacial score (nSPS) is 22.6. The van der Waals surface area contributed by atoms with Gasteiger partial charge in [-0.3, -0.25) is 9.59 Å². The summed E-state index contributed by atoms with van der Waals surface area (Å²) in [6.45, 7) is 5.20. The summed E-state index contributed by atoms with van der Waals surface area (Å²) in [6, 6.07) is 7.70. The first kappa shape index (κ1) is 15.1. The second-order valence-corrected chi connectivity index (χ2v) is 6.31. The largest absolute Gasteiger partial charge is 0.329 e. The molecule has 1 atom stereocenters. The Hall–Kier alpha value is -1.84. The number of rotatable bonds is 3. The van der Waals surface area contributed by atoms with E-state index >= 15 is 0 Å². The van der Waals surface area contributed by atoms with E-state index in [-0.39, 0.29) is 23.8 Å². The quantitative estimate of drug-likeness (QED) is 0.861. The molecule has 4 nitrogen and oxygen atoms in total. The van der Waals surface area contributed by atoms with E-state index in [4.69, 9.17) is 0 Å². The fourth-order valence-corrected chi connectivity index (χ4v) is 3.37. The molecule has 0 N–H and O–H groups in total. The Bertz CT molecular complexity index is 580. The topological polar surface area (TPSA) is 40.6 Å². The number of hydrogen-bond acceptors (Lipinski definition) is 2. The van der Waals surface area contributed by atoms with Gasteiger partial charge in [0.15, 0.2) is 0 Å². The van der Waals surface area contributed by atoms with Crippen LogP contribution in [0.15, 0.2) is 24.3 Å². The van der Waals surface area contributed by atoms with Crippen molar-refractivity contribution in [3.63, 3.8) is 0 Å². The van der Waals surface area contributed by atoms with Gasteiger partial charge in [-0.2, -0.15) is 0 Å². The lowest BCUT2D eigenvalue weighted by molar-refractivity contribution is -0.146. The predicted molar refractivity (Wildman–Crippen MR) is 86.7 cm³/mol. The van der Waals surface area contributed by atoms with Crippen molar-refractivity contribution in [1.82, 2.24) is 4.90 Å². The molecular weight excluding hydrogens is 276 g/mol. The molecule has 1 saturated heterocycles. The molecule has 3 rings (SSSR count). The maximum atomic E-state index is 12.8. The molecule has 0 unspecified atom stereocenters. The molecule has 1 aromatic rings. The van der Waals surface area contributed by atoms with Crippen LogP contribution in [-0.2, 0) is 16.0 Å². The molecule has 118 valence electrons. The number of benzene rings is 1. The Morgan fingerprint density at radius 3 is 2.59 bits per heavy atom. The average Bonchev–Trinajstić information content (AvgIpc) is 2.48. The van der Waals surface area contributed by atoms with E-state index in [1.807, 2.05) is 30.0 Å². The highest BCUT2D eigenvalue weighted by molar-refractivity contribution is 6.01. The Morgan fingerprint density at radius 1 is 1.23 bits per heavy atom. The van der Waals surface area contributed by atoms with Gasteiger partial charge in [0.2, 0.25) is 11.8 Å². The van der Waals surface area contributed by atoms with Crippen LogP contribution in [0.5, 0.6) is 0 Å². The summed E-state index contributed by atoms with van der Waals surface area (Å²) in [7, 11) is 0. The van der Waals surface area contributed by atoms with E-state index in [0.717, 1.165) is 31.4 Å². The van der Waals surface area contributed by atoms with Crippen molar-refractivity contribution in [1.29, 1.82) is 0 Å². The summed E-state index contributed by atoms with van der Waals surface area (Å²) in [4.78, 5) is 28.9. The highest BCUT2D eigenvalue weighted by atomic mass is 16.2. The molecule has 1 saturated carbocycles. The Balaban J connectivity index is 1.78. The third-order valence-electron chi connectivity index (χ3n) is 5.06. The smallest absolute Gasteiger partial charge is 0.249 e. The summed E-state index contributed by atoms with van der Waals surface area (Å²) in [5.74, 6) is 0.375. The summed E-state index contributed by atoms with van der Waals surface area (Å²) >= 11 is 0. The Kier molecular flexibility index (Phi) is 4.19. The van der Waals surface area contributed by atoms with E-state index < -0.39 is 0 Å². The van der Waals surface area contributed by atoms with Crippen molar-refractivity contribution in [3.8, 4) is 0 Å². The van der Waals surface area contributed by atoms with Crippen LogP contribution in [0, 0.1) is 5.92 Å². The van der Waals surface area contributed by atoms with Gasteiger partial charge >= 0.3 is 0 Å². The van der Waals surface area contributed by atoms with Gasteiger partial charge in [0.05, 0.1) is 0 Å². The molecule has 1 aliphatic carbocycles. The summed E-state index contributed by atoms with van der Waals surface area (Å²) in [6.07, 6.45) is 4.01. The molecule has 22 heavy (non-hydrogen) atoms. The van der Waals surface area contributed by atoms with Crippen LogP contribution in [-0.4, -0.2) is 35.8 Å². The van der Waals surface area contributed by atoms with Gasteiger partial charge in [0, 0.05) is 24.7 Å². The lowest BCUT2D eigenvalue weighted by atomic mass is 9.84. The number of para-hydroxylation sites is 1. The summed E-state index contributed by atoms with van der Waals surface area (Å²) in [5.41, 5.74) is 2.18. The number of nitrogens with zero attached hydrogens (tertiary/aromatic N) is 2. The van der Waals surface area contributed by atoms with Gasteiger partial charge in [-0.15, -0.1) is 0 Å². The van der Waals surface area contributed by atoms with Gasteiger partial charge in [-0.25, -0.2) is 0 Å². The molecule has 0 bridgehead atoms. The Labute approximate surface area is 132 Å². The van der Waals surface area contributed by atoms with Crippen LogP contribution in [0.4, 0.5) is 5.69 Å². The molecule has 2 amide bonds. The van der Waals surface area contributed by atoms with Crippen LogP contribution in [0.3, 0.4) is 0 Å². The van der Waals surface area contributed by atoms with Gasteiger partial charge in [0.1, 0.15) is 6.04 Å². The number of amides is 2. The third-order valence-corrected chi connectivity index (χ3v) is 5.06. The molecule has 0 radical (unpaired) electrons. The SMILES string of the molecule is CCc1ccccc1N1CCN(C(=O)C2CCC2)[C@@H](C)C1=O. The number of aryl methyl sites for hydroxylation is 1. The first-order valence-electron chi connectivity index (χ1n) is 8.33. The summed E-state index contributed by atoms with van der Waals surface area (Å²) < 4.78 is 0. The second-order valence-electron chi connectivity index (χ2n) is 6.31. The van der Waals surface area contributed by atoms with Gasteiger partial charge in [0.25, 0.3) is 0 Å². The highest BCUT2D eigenvalue weighted by Gasteiger charge is 2.39. The second kappa shape index (κ2) is 6.11. The molecule has 1 aliphatic heterocycles. The number of carbonyl (C=O) groups is 2. The zero-order valence-electron chi connectivity index (χ0n) is 13.4. The minimum Gasteiger partial charge on any atom is -0.329 e. The third kappa shape index (κ3) is 2.51. The molecular formula is C18H24N2O2. The van der Waals surface area contributed by atoms with Crippen LogP contribution in [0.25, 0.3) is 0 Å². The van der Waals surface area contributed by atoms with Crippen molar-refractivity contribution < 1.29 is 9.59 Å². The number of anilines is 1. The van der Waals surface area contributed by atoms with E-state index in [1.165, 1.54) is 5.56 Å². The average molecular weight is 300 g/mol. The monoisotopic (exact) mass is 300 g/mol. The maximum absolute atomic E-state index is 12.8. The van der Waals surface area contributed by atoms with Crippen LogP contribution >= 0.6 is 0 Å². The first-order valence-corrected chi connectivity index (χ1v) is 8.33. The molecule has 0 spiro atoms. The van der Waals surface area contributed by atoms with Crippen molar-refractivity contribution in [2.75, 3.05) is 18.0 Å². The lowest BCUT2D eigenvalue weighted by Crippen LogP contribution is -2.59. The lowest BCUT2D eigenvalue weighted by Gasteiger charge is -2.42. The number of hydrogen-bond donors (Lipinski definition) is 0. The maximum Gasteiger partial charge on any atom is 0.249 e.